The molecule has 0 unspecified atom stereocenters. The minimum atomic E-state index is -1.32. The Kier molecular flexibility index (Phi) is 10.6. The smallest absolute Gasteiger partial charge is 0.362 e. The third kappa shape index (κ3) is 10.1. The molecule has 0 heterocycles. The number of carbonyl (C=O) groups excluding carboxylic acids is 2. The molecule has 0 saturated heterocycles. The van der Waals surface area contributed by atoms with Gasteiger partial charge in [-0.3, -0.25) is 9.59 Å². The number of carboxylic acids is 3. The van der Waals surface area contributed by atoms with Crippen molar-refractivity contribution in [1.82, 2.24) is 10.6 Å². The van der Waals surface area contributed by atoms with Crippen molar-refractivity contribution in [3.8, 4) is 0 Å². The lowest BCUT2D eigenvalue weighted by Gasteiger charge is -2.17. The second-order valence-corrected chi connectivity index (χ2v) is 6.26. The Morgan fingerprint density at radius 1 is 0.815 bits per heavy atom. The Balaban J connectivity index is 4.54. The molecule has 12 nitrogen and oxygen atoms in total. The van der Waals surface area contributed by atoms with Crippen LogP contribution in [0.5, 0.6) is 0 Å². The van der Waals surface area contributed by atoms with E-state index in [2.05, 4.69) is 22.1 Å². The van der Waals surface area contributed by atoms with Crippen LogP contribution in [0.4, 0.5) is 0 Å². The first-order valence-corrected chi connectivity index (χ1v) is 8.40. The third-order valence-electron chi connectivity index (χ3n) is 3.75. The van der Waals surface area contributed by atoms with Crippen LogP contribution in [-0.2, 0) is 24.0 Å². The molecule has 12 heteroatoms. The molecule has 4 atom stereocenters. The zero-order valence-corrected chi connectivity index (χ0v) is 15.1. The standard InChI is InChI=1S/C15H26N4O8/c1-7(16)12(21)19-10(15(26)27)5-6-11(20)18-9(14(24)25)4-2-3-8(17)13(22)23/h7-10H,2-6,16-17H2,1H3,(H,18,20)(H,19,21)(H,22,23)(H,24,25)(H,26,27)/p+2/t7-,8+,9-,10+/m0/s1. The van der Waals surface area contributed by atoms with Crippen LogP contribution in [0.1, 0.15) is 39.0 Å². The van der Waals surface area contributed by atoms with Crippen LogP contribution in [0, 0.1) is 0 Å². The summed E-state index contributed by atoms with van der Waals surface area (Å²) in [6.45, 7) is 1.49. The molecule has 154 valence electrons. The van der Waals surface area contributed by atoms with Crippen molar-refractivity contribution in [2.24, 2.45) is 0 Å². The summed E-state index contributed by atoms with van der Waals surface area (Å²) < 4.78 is 0. The maximum atomic E-state index is 11.9. The lowest BCUT2D eigenvalue weighted by Crippen LogP contribution is -2.67. The topological polar surface area (TPSA) is 225 Å². The summed E-state index contributed by atoms with van der Waals surface area (Å²) in [6.07, 6.45) is -0.123. The number of quaternary nitrogens is 2. The normalized spacial score (nSPS) is 15.1. The summed E-state index contributed by atoms with van der Waals surface area (Å²) in [5.41, 5.74) is 6.88. The first-order valence-electron chi connectivity index (χ1n) is 8.40. The molecule has 0 aromatic rings. The Bertz CT molecular complexity index is 566. The van der Waals surface area contributed by atoms with E-state index in [1.54, 1.807) is 0 Å². The first kappa shape index (κ1) is 24.3. The average molecular weight is 392 g/mol. The van der Waals surface area contributed by atoms with Gasteiger partial charge in [0.1, 0.15) is 12.1 Å². The number of rotatable bonds is 13. The number of hydrogen-bond donors (Lipinski definition) is 7. The predicted molar refractivity (Wildman–Crippen MR) is 88.9 cm³/mol. The second kappa shape index (κ2) is 11.8. The molecule has 0 aliphatic heterocycles. The van der Waals surface area contributed by atoms with Gasteiger partial charge in [-0.25, -0.2) is 14.4 Å². The third-order valence-corrected chi connectivity index (χ3v) is 3.75. The van der Waals surface area contributed by atoms with Gasteiger partial charge in [0.15, 0.2) is 12.1 Å². The fourth-order valence-electron chi connectivity index (χ4n) is 2.06. The molecule has 11 N–H and O–H groups in total. The minimum Gasteiger partial charge on any atom is -0.480 e. The van der Waals surface area contributed by atoms with E-state index < -0.39 is 53.9 Å². The van der Waals surface area contributed by atoms with Gasteiger partial charge in [0.2, 0.25) is 5.91 Å². The van der Waals surface area contributed by atoms with Crippen molar-refractivity contribution >= 4 is 29.7 Å². The molecule has 0 rings (SSSR count). The monoisotopic (exact) mass is 392 g/mol. The maximum Gasteiger partial charge on any atom is 0.362 e. The Morgan fingerprint density at radius 2 is 1.33 bits per heavy atom. The molecule has 0 aliphatic carbocycles. The molecule has 0 fully saturated rings. The summed E-state index contributed by atoms with van der Waals surface area (Å²) in [6, 6.07) is -4.06. The van der Waals surface area contributed by atoms with Crippen molar-refractivity contribution in [1.29, 1.82) is 0 Å². The Morgan fingerprint density at radius 3 is 1.78 bits per heavy atom. The van der Waals surface area contributed by atoms with E-state index in [-0.39, 0.29) is 32.1 Å². The van der Waals surface area contributed by atoms with Crippen LogP contribution in [-0.4, -0.2) is 69.2 Å². The second-order valence-electron chi connectivity index (χ2n) is 6.26. The molecule has 0 spiro atoms. The molecule has 2 amide bonds. The zero-order chi connectivity index (χ0) is 21.1. The molecule has 0 bridgehead atoms. The summed E-state index contributed by atoms with van der Waals surface area (Å²) in [5, 5.41) is 31.5. The van der Waals surface area contributed by atoms with E-state index in [9.17, 15) is 24.0 Å². The van der Waals surface area contributed by atoms with E-state index >= 15 is 0 Å². The number of carboxylic acid groups (broad SMARTS) is 3. The van der Waals surface area contributed by atoms with E-state index in [0.717, 1.165) is 0 Å². The van der Waals surface area contributed by atoms with Crippen LogP contribution < -0.4 is 22.1 Å². The summed E-state index contributed by atoms with van der Waals surface area (Å²) in [5.74, 6) is -4.96. The van der Waals surface area contributed by atoms with Crippen molar-refractivity contribution in [2.45, 2.75) is 63.2 Å². The lowest BCUT2D eigenvalue weighted by atomic mass is 10.1. The fraction of sp³-hybridized carbons (Fsp3) is 0.667. The van der Waals surface area contributed by atoms with Crippen molar-refractivity contribution in [3.63, 3.8) is 0 Å². The SMILES string of the molecule is C[C@H]([NH3+])C(=O)N[C@H](CCC(=O)N[C@@H](CCC[C@@H]([NH3+])C(=O)O)C(=O)O)C(=O)O. The van der Waals surface area contributed by atoms with Crippen molar-refractivity contribution in [2.75, 3.05) is 0 Å². The molecule has 0 aromatic heterocycles. The predicted octanol–water partition coefficient (Wildman–Crippen LogP) is -3.60. The number of nitrogens with one attached hydrogen (secondary N) is 2. The highest BCUT2D eigenvalue weighted by atomic mass is 16.4. The highest BCUT2D eigenvalue weighted by Gasteiger charge is 2.25. The van der Waals surface area contributed by atoms with E-state index in [4.69, 9.17) is 15.3 Å². The van der Waals surface area contributed by atoms with Gasteiger partial charge in [0.05, 0.1) is 0 Å². The minimum absolute atomic E-state index is 0.0124. The first-order chi connectivity index (χ1) is 12.5. The summed E-state index contributed by atoms with van der Waals surface area (Å²) in [7, 11) is 0. The van der Waals surface area contributed by atoms with E-state index in [1.165, 1.54) is 6.92 Å². The van der Waals surface area contributed by atoms with Gasteiger partial charge in [-0.2, -0.15) is 0 Å². The quantitative estimate of drug-likeness (QED) is 0.165. The van der Waals surface area contributed by atoms with Crippen LogP contribution >= 0.6 is 0 Å². The van der Waals surface area contributed by atoms with Crippen LogP contribution in [0.3, 0.4) is 0 Å². The van der Waals surface area contributed by atoms with Crippen LogP contribution in [0.2, 0.25) is 0 Å². The Hall–Kier alpha value is -2.73. The molecule has 27 heavy (non-hydrogen) atoms. The van der Waals surface area contributed by atoms with Crippen molar-refractivity contribution in [3.05, 3.63) is 0 Å². The molecular formula is C15H28N4O8+2. The number of carbonyl (C=O) groups is 5. The van der Waals surface area contributed by atoms with Crippen molar-refractivity contribution < 1.29 is 50.8 Å². The van der Waals surface area contributed by atoms with Gasteiger partial charge in [-0.15, -0.1) is 0 Å². The molecule has 0 radical (unpaired) electrons. The van der Waals surface area contributed by atoms with Gasteiger partial charge in [0, 0.05) is 12.8 Å². The summed E-state index contributed by atoms with van der Waals surface area (Å²) in [4.78, 5) is 56.5. The van der Waals surface area contributed by atoms with Gasteiger partial charge in [0.25, 0.3) is 5.91 Å². The van der Waals surface area contributed by atoms with Gasteiger partial charge in [-0.1, -0.05) is 0 Å². The van der Waals surface area contributed by atoms with Gasteiger partial charge < -0.3 is 37.4 Å². The van der Waals surface area contributed by atoms with Gasteiger partial charge >= 0.3 is 17.9 Å². The zero-order valence-electron chi connectivity index (χ0n) is 15.1. The molecular weight excluding hydrogens is 364 g/mol. The van der Waals surface area contributed by atoms with E-state index in [1.807, 2.05) is 0 Å². The largest absolute Gasteiger partial charge is 0.480 e. The fourth-order valence-corrected chi connectivity index (χ4v) is 2.06. The maximum absolute atomic E-state index is 11.9. The molecule has 0 aliphatic rings. The number of aliphatic carboxylic acids is 3. The number of hydrogen-bond acceptors (Lipinski definition) is 5. The van der Waals surface area contributed by atoms with E-state index in [0.29, 0.717) is 0 Å². The lowest BCUT2D eigenvalue weighted by molar-refractivity contribution is -0.409. The molecule has 0 saturated carbocycles. The highest BCUT2D eigenvalue weighted by molar-refractivity contribution is 5.87. The average Bonchev–Trinajstić information content (AvgIpc) is 2.56. The highest BCUT2D eigenvalue weighted by Crippen LogP contribution is 2.05. The number of amides is 2. The Labute approximate surface area is 155 Å². The van der Waals surface area contributed by atoms with Crippen LogP contribution in [0.15, 0.2) is 0 Å². The van der Waals surface area contributed by atoms with Gasteiger partial charge in [-0.05, 0) is 26.2 Å². The summed E-state index contributed by atoms with van der Waals surface area (Å²) >= 11 is 0. The van der Waals surface area contributed by atoms with Crippen LogP contribution in [0.25, 0.3) is 0 Å². The molecule has 0 aromatic carbocycles.